The summed E-state index contributed by atoms with van der Waals surface area (Å²) in [7, 11) is 0. The van der Waals surface area contributed by atoms with E-state index in [-0.39, 0.29) is 11.6 Å². The Kier molecular flexibility index (Phi) is 7.21. The molecule has 31 heavy (non-hydrogen) atoms. The molecule has 0 radical (unpaired) electrons. The van der Waals surface area contributed by atoms with Crippen LogP contribution in [0.25, 0.3) is 0 Å². The highest BCUT2D eigenvalue weighted by Crippen LogP contribution is 2.36. The Labute approximate surface area is 180 Å². The minimum Gasteiger partial charge on any atom is -0.493 e. The minimum absolute atomic E-state index is 0.0522. The van der Waals surface area contributed by atoms with Crippen LogP contribution in [-0.2, 0) is 6.18 Å². The summed E-state index contributed by atoms with van der Waals surface area (Å²) in [6, 6.07) is 10.0. The van der Waals surface area contributed by atoms with E-state index in [1.54, 1.807) is 18.2 Å². The van der Waals surface area contributed by atoms with Crippen LogP contribution >= 0.6 is 0 Å². The number of hydrogen-bond donors (Lipinski definition) is 1. The third-order valence-corrected chi connectivity index (χ3v) is 5.09. The molecule has 1 N–H and O–H groups in total. The number of hydrogen-bond acceptors (Lipinski definition) is 2. The summed E-state index contributed by atoms with van der Waals surface area (Å²) >= 11 is 0. The van der Waals surface area contributed by atoms with Gasteiger partial charge in [0.25, 0.3) is 5.91 Å². The van der Waals surface area contributed by atoms with Crippen molar-refractivity contribution in [2.75, 3.05) is 11.9 Å². The van der Waals surface area contributed by atoms with Crippen molar-refractivity contribution in [3.63, 3.8) is 0 Å². The molecule has 0 aromatic heterocycles. The van der Waals surface area contributed by atoms with Gasteiger partial charge in [-0.2, -0.15) is 13.2 Å². The van der Waals surface area contributed by atoms with Crippen molar-refractivity contribution in [3.05, 3.63) is 83.0 Å². The molecule has 0 heterocycles. The van der Waals surface area contributed by atoms with Gasteiger partial charge in [0.15, 0.2) is 0 Å². The number of benzene rings is 2. The van der Waals surface area contributed by atoms with Crippen LogP contribution < -0.4 is 10.1 Å². The lowest BCUT2D eigenvalue weighted by atomic mass is 9.95. The Morgan fingerprint density at radius 1 is 1.10 bits per heavy atom. The molecule has 6 heteroatoms. The normalized spacial score (nSPS) is 13.8. The smallest absolute Gasteiger partial charge is 0.418 e. The molecule has 2 aromatic carbocycles. The van der Waals surface area contributed by atoms with Gasteiger partial charge in [-0.25, -0.2) is 0 Å². The van der Waals surface area contributed by atoms with E-state index in [0.717, 1.165) is 25.3 Å². The van der Waals surface area contributed by atoms with Crippen LogP contribution in [0.1, 0.15) is 60.5 Å². The SMILES string of the molecule is CC(C)c1c(OCCC2=CCCC=C2)cccc1C(=O)Nc1ccccc1C(F)(F)F. The second-order valence-electron chi connectivity index (χ2n) is 7.73. The van der Waals surface area contributed by atoms with E-state index in [1.807, 2.05) is 13.8 Å². The van der Waals surface area contributed by atoms with Crippen molar-refractivity contribution >= 4 is 11.6 Å². The zero-order chi connectivity index (χ0) is 22.4. The van der Waals surface area contributed by atoms with Gasteiger partial charge in [0, 0.05) is 17.5 Å². The molecule has 1 amide bonds. The number of alkyl halides is 3. The average Bonchev–Trinajstić information content (AvgIpc) is 2.73. The molecule has 0 bridgehead atoms. The van der Waals surface area contributed by atoms with Crippen molar-refractivity contribution in [1.29, 1.82) is 0 Å². The Bertz CT molecular complexity index is 991. The van der Waals surface area contributed by atoms with Gasteiger partial charge in [-0.3, -0.25) is 4.79 Å². The number of anilines is 1. The number of ether oxygens (including phenoxy) is 1. The predicted octanol–water partition coefficient (Wildman–Crippen LogP) is 7.13. The van der Waals surface area contributed by atoms with Gasteiger partial charge in [0.1, 0.15) is 5.75 Å². The molecular formula is C25H26F3NO2. The molecule has 0 atom stereocenters. The quantitative estimate of drug-likeness (QED) is 0.509. The fourth-order valence-electron chi connectivity index (χ4n) is 3.62. The molecule has 1 aliphatic carbocycles. The first-order valence-corrected chi connectivity index (χ1v) is 10.4. The molecule has 0 aliphatic heterocycles. The number of rotatable bonds is 7. The van der Waals surface area contributed by atoms with Crippen molar-refractivity contribution in [2.24, 2.45) is 0 Å². The van der Waals surface area contributed by atoms with Crippen LogP contribution in [0.2, 0.25) is 0 Å². The summed E-state index contributed by atoms with van der Waals surface area (Å²) < 4.78 is 45.8. The molecule has 0 fully saturated rings. The molecule has 0 saturated heterocycles. The fraction of sp³-hybridized carbons (Fsp3) is 0.320. The van der Waals surface area contributed by atoms with Crippen LogP contribution in [0.5, 0.6) is 5.75 Å². The molecule has 164 valence electrons. The predicted molar refractivity (Wildman–Crippen MR) is 116 cm³/mol. The van der Waals surface area contributed by atoms with E-state index >= 15 is 0 Å². The van der Waals surface area contributed by atoms with E-state index in [2.05, 4.69) is 23.5 Å². The second-order valence-corrected chi connectivity index (χ2v) is 7.73. The maximum Gasteiger partial charge on any atom is 0.418 e. The highest BCUT2D eigenvalue weighted by molar-refractivity contribution is 6.06. The number of para-hydroxylation sites is 1. The third kappa shape index (κ3) is 5.78. The lowest BCUT2D eigenvalue weighted by molar-refractivity contribution is -0.136. The number of allylic oxidation sites excluding steroid dienone is 3. The summed E-state index contributed by atoms with van der Waals surface area (Å²) in [6.45, 7) is 4.31. The van der Waals surface area contributed by atoms with Crippen molar-refractivity contribution in [3.8, 4) is 5.75 Å². The van der Waals surface area contributed by atoms with Crippen molar-refractivity contribution < 1.29 is 22.7 Å². The third-order valence-electron chi connectivity index (χ3n) is 5.09. The summed E-state index contributed by atoms with van der Waals surface area (Å²) in [6.07, 6.45) is 4.70. The summed E-state index contributed by atoms with van der Waals surface area (Å²) in [4.78, 5) is 12.9. The molecule has 2 aromatic rings. The van der Waals surface area contributed by atoms with E-state index < -0.39 is 17.6 Å². The molecule has 0 spiro atoms. The molecule has 3 nitrogen and oxygen atoms in total. The second kappa shape index (κ2) is 9.86. The number of carbonyl (C=O) groups is 1. The highest BCUT2D eigenvalue weighted by atomic mass is 19.4. The van der Waals surface area contributed by atoms with Crippen LogP contribution in [0.3, 0.4) is 0 Å². The minimum atomic E-state index is -4.56. The van der Waals surface area contributed by atoms with Crippen LogP contribution in [-0.4, -0.2) is 12.5 Å². The lowest BCUT2D eigenvalue weighted by Gasteiger charge is -2.19. The first-order valence-electron chi connectivity index (χ1n) is 10.4. The summed E-state index contributed by atoms with van der Waals surface area (Å²) in [5.74, 6) is -0.0699. The number of nitrogens with one attached hydrogen (secondary N) is 1. The van der Waals surface area contributed by atoms with E-state index in [4.69, 9.17) is 4.74 Å². The first-order chi connectivity index (χ1) is 14.8. The highest BCUT2D eigenvalue weighted by Gasteiger charge is 2.33. The standard InChI is InChI=1S/C25H26F3NO2/c1-17(2)23-19(24(30)29-21-13-7-6-12-20(21)25(26,27)28)11-8-14-22(23)31-16-15-18-9-4-3-5-10-18/h4,6-14,17H,3,5,15-16H2,1-2H3,(H,29,30). The van der Waals surface area contributed by atoms with Crippen LogP contribution in [0.15, 0.2) is 66.3 Å². The Morgan fingerprint density at radius 3 is 2.55 bits per heavy atom. The lowest BCUT2D eigenvalue weighted by Crippen LogP contribution is -2.19. The number of carbonyl (C=O) groups excluding carboxylic acids is 1. The number of amides is 1. The monoisotopic (exact) mass is 429 g/mol. The van der Waals surface area contributed by atoms with Gasteiger partial charge in [-0.05, 0) is 48.6 Å². The molecule has 1 aliphatic rings. The fourth-order valence-corrected chi connectivity index (χ4v) is 3.62. The topological polar surface area (TPSA) is 38.3 Å². The maximum atomic E-state index is 13.3. The largest absolute Gasteiger partial charge is 0.493 e. The van der Waals surface area contributed by atoms with Crippen LogP contribution in [0, 0.1) is 0 Å². The molecular weight excluding hydrogens is 403 g/mol. The van der Waals surface area contributed by atoms with Gasteiger partial charge in [-0.1, -0.05) is 50.3 Å². The Balaban J connectivity index is 1.81. The number of halogens is 3. The summed E-state index contributed by atoms with van der Waals surface area (Å²) in [5, 5.41) is 2.43. The van der Waals surface area contributed by atoms with Crippen molar-refractivity contribution in [1.82, 2.24) is 0 Å². The Morgan fingerprint density at radius 2 is 1.87 bits per heavy atom. The molecule has 0 saturated carbocycles. The van der Waals surface area contributed by atoms with Gasteiger partial charge in [-0.15, -0.1) is 0 Å². The van der Waals surface area contributed by atoms with E-state index in [9.17, 15) is 18.0 Å². The first kappa shape index (κ1) is 22.7. The van der Waals surface area contributed by atoms with Crippen LogP contribution in [0.4, 0.5) is 18.9 Å². The van der Waals surface area contributed by atoms with Gasteiger partial charge in [0.05, 0.1) is 17.9 Å². The zero-order valence-corrected chi connectivity index (χ0v) is 17.6. The maximum absolute atomic E-state index is 13.3. The average molecular weight is 429 g/mol. The Hall–Kier alpha value is -3.02. The van der Waals surface area contributed by atoms with Gasteiger partial charge in [0.2, 0.25) is 0 Å². The van der Waals surface area contributed by atoms with E-state index in [0.29, 0.717) is 23.5 Å². The molecule has 3 rings (SSSR count). The summed E-state index contributed by atoms with van der Waals surface area (Å²) in [5.41, 5.74) is 1.06. The zero-order valence-electron chi connectivity index (χ0n) is 17.6. The van der Waals surface area contributed by atoms with Crippen molar-refractivity contribution in [2.45, 2.75) is 45.2 Å². The van der Waals surface area contributed by atoms with Gasteiger partial charge < -0.3 is 10.1 Å². The van der Waals surface area contributed by atoms with Gasteiger partial charge >= 0.3 is 6.18 Å². The molecule has 0 unspecified atom stereocenters. The van der Waals surface area contributed by atoms with E-state index in [1.165, 1.54) is 23.8 Å².